The summed E-state index contributed by atoms with van der Waals surface area (Å²) >= 11 is 0. The monoisotopic (exact) mass is 248 g/mol. The number of aromatic nitrogens is 2. The molecule has 1 aromatic rings. The lowest BCUT2D eigenvalue weighted by Gasteiger charge is -2.34. The van der Waals surface area contributed by atoms with E-state index in [2.05, 4.69) is 22.4 Å². The van der Waals surface area contributed by atoms with Crippen molar-refractivity contribution in [2.24, 2.45) is 0 Å². The van der Waals surface area contributed by atoms with Crippen LogP contribution in [-0.4, -0.2) is 46.7 Å². The molecule has 0 spiro atoms. The second kappa shape index (κ2) is 5.44. The Bertz CT molecular complexity index is 447. The molecule has 5 nitrogen and oxygen atoms in total. The van der Waals surface area contributed by atoms with Crippen molar-refractivity contribution >= 4 is 5.91 Å². The Kier molecular flexibility index (Phi) is 3.91. The predicted octanol–water partition coefficient (Wildman–Crippen LogP) is 0.781. The summed E-state index contributed by atoms with van der Waals surface area (Å²) in [6, 6.07) is 2.08. The number of amides is 1. The van der Waals surface area contributed by atoms with Crippen LogP contribution < -0.4 is 5.32 Å². The fourth-order valence-corrected chi connectivity index (χ4v) is 2.26. The molecule has 1 amide bonds. The van der Waals surface area contributed by atoms with E-state index < -0.39 is 0 Å². The maximum absolute atomic E-state index is 12.6. The number of rotatable bonds is 2. The molecule has 0 saturated carbocycles. The van der Waals surface area contributed by atoms with E-state index in [-0.39, 0.29) is 11.9 Å². The van der Waals surface area contributed by atoms with Crippen LogP contribution in [0.3, 0.4) is 0 Å². The molecule has 98 valence electrons. The van der Waals surface area contributed by atoms with E-state index in [1.807, 2.05) is 24.8 Å². The van der Waals surface area contributed by atoms with Crippen LogP contribution in [0.15, 0.2) is 6.07 Å². The number of hydrogen-bond donors (Lipinski definition) is 1. The summed E-state index contributed by atoms with van der Waals surface area (Å²) in [5.74, 6) is 0.0823. The molecule has 2 heterocycles. The summed E-state index contributed by atoms with van der Waals surface area (Å²) < 4.78 is 0. The molecule has 1 N–H and O–H groups in total. The van der Waals surface area contributed by atoms with Crippen LogP contribution in [0.2, 0.25) is 0 Å². The van der Waals surface area contributed by atoms with Crippen molar-refractivity contribution in [3.8, 4) is 0 Å². The van der Waals surface area contributed by atoms with Crippen LogP contribution in [0.25, 0.3) is 0 Å². The first-order chi connectivity index (χ1) is 8.63. The minimum Gasteiger partial charge on any atom is -0.333 e. The highest BCUT2D eigenvalue weighted by Gasteiger charge is 2.26. The third kappa shape index (κ3) is 2.51. The van der Waals surface area contributed by atoms with Crippen molar-refractivity contribution in [3.05, 3.63) is 23.0 Å². The molecule has 1 unspecified atom stereocenters. The fraction of sp³-hybridized carbons (Fsp3) is 0.615. The van der Waals surface area contributed by atoms with E-state index in [0.29, 0.717) is 5.56 Å². The van der Waals surface area contributed by atoms with Gasteiger partial charge in [0.15, 0.2) is 0 Å². The van der Waals surface area contributed by atoms with E-state index in [0.717, 1.165) is 37.4 Å². The molecule has 5 heteroatoms. The summed E-state index contributed by atoms with van der Waals surface area (Å²) in [7, 11) is 0. The van der Waals surface area contributed by atoms with E-state index in [9.17, 15) is 4.79 Å². The second-order valence-corrected chi connectivity index (χ2v) is 4.75. The Hall–Kier alpha value is -1.49. The number of nitrogens with one attached hydrogen (secondary N) is 1. The molecule has 0 radical (unpaired) electrons. The van der Waals surface area contributed by atoms with Gasteiger partial charge in [-0.05, 0) is 26.3 Å². The minimum absolute atomic E-state index is 0.0823. The van der Waals surface area contributed by atoms with Crippen LogP contribution in [0.1, 0.15) is 35.6 Å². The predicted molar refractivity (Wildman–Crippen MR) is 69.5 cm³/mol. The summed E-state index contributed by atoms with van der Waals surface area (Å²) in [6.07, 6.45) is 0.731. The zero-order valence-electron chi connectivity index (χ0n) is 11.2. The van der Waals surface area contributed by atoms with Gasteiger partial charge in [0, 0.05) is 25.7 Å². The van der Waals surface area contributed by atoms with Gasteiger partial charge in [0.05, 0.1) is 17.0 Å². The highest BCUT2D eigenvalue weighted by molar-refractivity contribution is 5.95. The Morgan fingerprint density at radius 3 is 3.00 bits per heavy atom. The summed E-state index contributed by atoms with van der Waals surface area (Å²) in [5, 5.41) is 11.4. The summed E-state index contributed by atoms with van der Waals surface area (Å²) in [6.45, 7) is 8.39. The summed E-state index contributed by atoms with van der Waals surface area (Å²) in [5.41, 5.74) is 2.29. The first-order valence-corrected chi connectivity index (χ1v) is 6.48. The van der Waals surface area contributed by atoms with Gasteiger partial charge in [0.25, 0.3) is 5.91 Å². The van der Waals surface area contributed by atoms with Crippen molar-refractivity contribution < 1.29 is 4.79 Å². The minimum atomic E-state index is 0.0823. The molecular weight excluding hydrogens is 228 g/mol. The molecule has 0 aromatic carbocycles. The van der Waals surface area contributed by atoms with Crippen molar-refractivity contribution in [2.75, 3.05) is 19.6 Å². The first kappa shape index (κ1) is 13.0. The third-order valence-corrected chi connectivity index (χ3v) is 3.32. The Labute approximate surface area is 108 Å². The Balaban J connectivity index is 2.29. The van der Waals surface area contributed by atoms with E-state index >= 15 is 0 Å². The molecule has 1 atom stereocenters. The molecule has 1 aliphatic rings. The molecule has 0 bridgehead atoms. The van der Waals surface area contributed by atoms with Crippen molar-refractivity contribution in [1.82, 2.24) is 20.4 Å². The number of carbonyl (C=O) groups is 1. The van der Waals surface area contributed by atoms with E-state index in [1.165, 1.54) is 0 Å². The first-order valence-electron chi connectivity index (χ1n) is 6.48. The normalized spacial score (nSPS) is 19.9. The van der Waals surface area contributed by atoms with Gasteiger partial charge >= 0.3 is 0 Å². The molecule has 18 heavy (non-hydrogen) atoms. The van der Waals surface area contributed by atoms with Gasteiger partial charge in [-0.3, -0.25) is 4.79 Å². The molecular formula is C13H20N4O. The molecule has 2 rings (SSSR count). The van der Waals surface area contributed by atoms with Gasteiger partial charge in [-0.25, -0.2) is 0 Å². The highest BCUT2D eigenvalue weighted by atomic mass is 16.2. The third-order valence-electron chi connectivity index (χ3n) is 3.32. The lowest BCUT2D eigenvalue weighted by Crippen LogP contribution is -2.52. The van der Waals surface area contributed by atoms with Gasteiger partial charge in [-0.2, -0.15) is 10.2 Å². The molecule has 1 aromatic heterocycles. The van der Waals surface area contributed by atoms with Crippen LogP contribution in [0.5, 0.6) is 0 Å². The zero-order valence-corrected chi connectivity index (χ0v) is 11.2. The topological polar surface area (TPSA) is 58.1 Å². The van der Waals surface area contributed by atoms with Crippen molar-refractivity contribution in [1.29, 1.82) is 0 Å². The quantitative estimate of drug-likeness (QED) is 0.840. The molecule has 1 aliphatic heterocycles. The van der Waals surface area contributed by atoms with Crippen LogP contribution in [0.4, 0.5) is 0 Å². The molecule has 1 saturated heterocycles. The SMILES string of the molecule is CCc1nnc(C)cc1C(=O)N1CCNCC1C. The molecule has 1 fully saturated rings. The smallest absolute Gasteiger partial charge is 0.256 e. The number of hydrogen-bond acceptors (Lipinski definition) is 4. The number of carbonyl (C=O) groups excluding carboxylic acids is 1. The zero-order chi connectivity index (χ0) is 13.1. The largest absolute Gasteiger partial charge is 0.333 e. The van der Waals surface area contributed by atoms with Crippen molar-refractivity contribution in [2.45, 2.75) is 33.2 Å². The molecule has 0 aliphatic carbocycles. The van der Waals surface area contributed by atoms with Gasteiger partial charge in [0.1, 0.15) is 0 Å². The average Bonchev–Trinajstić information content (AvgIpc) is 2.38. The van der Waals surface area contributed by atoms with Crippen LogP contribution in [-0.2, 0) is 6.42 Å². The fourth-order valence-electron chi connectivity index (χ4n) is 2.26. The van der Waals surface area contributed by atoms with E-state index in [1.54, 1.807) is 0 Å². The van der Waals surface area contributed by atoms with Crippen molar-refractivity contribution in [3.63, 3.8) is 0 Å². The average molecular weight is 248 g/mol. The van der Waals surface area contributed by atoms with Crippen LogP contribution >= 0.6 is 0 Å². The lowest BCUT2D eigenvalue weighted by atomic mass is 10.1. The lowest BCUT2D eigenvalue weighted by molar-refractivity contribution is 0.0653. The standard InChI is InChI=1S/C13H20N4O/c1-4-12-11(7-9(2)15-16-12)13(18)17-6-5-14-8-10(17)3/h7,10,14H,4-6,8H2,1-3H3. The number of aryl methyl sites for hydroxylation is 2. The maximum atomic E-state index is 12.6. The van der Waals surface area contributed by atoms with Gasteiger partial charge in [-0.15, -0.1) is 0 Å². The highest BCUT2D eigenvalue weighted by Crippen LogP contribution is 2.14. The maximum Gasteiger partial charge on any atom is 0.256 e. The summed E-state index contributed by atoms with van der Waals surface area (Å²) in [4.78, 5) is 14.5. The van der Waals surface area contributed by atoms with Gasteiger partial charge in [0.2, 0.25) is 0 Å². The number of nitrogens with zero attached hydrogens (tertiary/aromatic N) is 3. The Morgan fingerprint density at radius 2 is 2.33 bits per heavy atom. The van der Waals surface area contributed by atoms with Crippen LogP contribution in [0, 0.1) is 6.92 Å². The number of piperazine rings is 1. The van der Waals surface area contributed by atoms with E-state index in [4.69, 9.17) is 0 Å². The second-order valence-electron chi connectivity index (χ2n) is 4.75. The Morgan fingerprint density at radius 1 is 1.56 bits per heavy atom. The van der Waals surface area contributed by atoms with Gasteiger partial charge in [-0.1, -0.05) is 6.92 Å². The van der Waals surface area contributed by atoms with Gasteiger partial charge < -0.3 is 10.2 Å².